The molecule has 1 saturated carbocycles. The van der Waals surface area contributed by atoms with Crippen LogP contribution >= 0.6 is 0 Å². The van der Waals surface area contributed by atoms with Gasteiger partial charge in [-0.25, -0.2) is 8.78 Å². The number of terminal acetylenes is 1. The van der Waals surface area contributed by atoms with Crippen LogP contribution in [-0.4, -0.2) is 87.0 Å². The number of benzene rings is 1. The number of hydrogen-bond donors (Lipinski definition) is 2. The fourth-order valence-electron chi connectivity index (χ4n) is 8.72. The van der Waals surface area contributed by atoms with Gasteiger partial charge in [0.15, 0.2) is 0 Å². The number of carbonyl (C=O) groups is 1. The standard InChI is InChI=1S/C41H47F2N7O3/c1-6-31-33(43)15-12-27-20-40(4,52)25-49(36(27)31)29-13-14-32-34(19-29)46-38(47-37(32)45-24-41(16-8-9-17-41)48(5)35(51)7-2)53-26-39(3)21-28(42)23-50(39)30-11-10-18-44-22-30/h1,7,10-12,15,18-19,22,28,52H,2,8-9,13-14,16-17,20-21,23-26H2,3-5H3,(H,45,46,47)/t28-,39+,40-/m1/s1. The molecule has 0 spiro atoms. The summed E-state index contributed by atoms with van der Waals surface area (Å²) in [6.07, 6.45) is 16.9. The molecule has 4 heterocycles. The molecule has 2 fully saturated rings. The lowest BCUT2D eigenvalue weighted by atomic mass is 9.86. The van der Waals surface area contributed by atoms with E-state index in [9.17, 15) is 9.90 Å². The zero-order valence-electron chi connectivity index (χ0n) is 30.7. The van der Waals surface area contributed by atoms with E-state index in [1.54, 1.807) is 30.3 Å². The van der Waals surface area contributed by atoms with Gasteiger partial charge in [-0.05, 0) is 75.4 Å². The van der Waals surface area contributed by atoms with Gasteiger partial charge in [0.2, 0.25) is 5.91 Å². The average Bonchev–Trinajstić information content (AvgIpc) is 3.76. The molecule has 1 saturated heterocycles. The van der Waals surface area contributed by atoms with Crippen LogP contribution in [0.5, 0.6) is 6.01 Å². The maximum atomic E-state index is 15.1. The Morgan fingerprint density at radius 1 is 1.25 bits per heavy atom. The van der Waals surface area contributed by atoms with E-state index in [4.69, 9.17) is 21.1 Å². The number of amides is 1. The summed E-state index contributed by atoms with van der Waals surface area (Å²) in [5.41, 5.74) is 2.43. The highest BCUT2D eigenvalue weighted by Crippen LogP contribution is 2.42. The number of pyridine rings is 1. The largest absolute Gasteiger partial charge is 0.461 e. The van der Waals surface area contributed by atoms with Crippen LogP contribution in [0.4, 0.5) is 26.0 Å². The van der Waals surface area contributed by atoms with Crippen molar-refractivity contribution < 1.29 is 23.4 Å². The lowest BCUT2D eigenvalue weighted by Crippen LogP contribution is -2.51. The first-order valence-corrected chi connectivity index (χ1v) is 18.3. The van der Waals surface area contributed by atoms with Crippen LogP contribution in [0.3, 0.4) is 0 Å². The van der Waals surface area contributed by atoms with E-state index in [1.165, 1.54) is 12.1 Å². The summed E-state index contributed by atoms with van der Waals surface area (Å²) in [6, 6.07) is 6.90. The molecule has 2 aliphatic carbocycles. The number of hydrogen-bond acceptors (Lipinski definition) is 9. The van der Waals surface area contributed by atoms with E-state index < -0.39 is 28.7 Å². The van der Waals surface area contributed by atoms with Gasteiger partial charge in [0.1, 0.15) is 24.4 Å². The Kier molecular flexibility index (Phi) is 9.66. The number of allylic oxidation sites excluding steroid dienone is 1. The fourth-order valence-corrected chi connectivity index (χ4v) is 8.72. The van der Waals surface area contributed by atoms with Crippen molar-refractivity contribution in [3.8, 4) is 18.4 Å². The van der Waals surface area contributed by atoms with Gasteiger partial charge >= 0.3 is 6.01 Å². The number of fused-ring (bicyclic) bond motifs is 2. The Balaban J connectivity index is 1.26. The highest BCUT2D eigenvalue weighted by molar-refractivity contribution is 5.87. The van der Waals surface area contributed by atoms with Crippen molar-refractivity contribution in [1.82, 2.24) is 19.9 Å². The van der Waals surface area contributed by atoms with E-state index in [1.807, 2.05) is 42.0 Å². The highest BCUT2D eigenvalue weighted by atomic mass is 19.1. The Morgan fingerprint density at radius 3 is 2.75 bits per heavy atom. The molecule has 0 unspecified atom stereocenters. The predicted molar refractivity (Wildman–Crippen MR) is 202 cm³/mol. The zero-order valence-corrected chi connectivity index (χ0v) is 30.7. The molecule has 1 amide bonds. The maximum Gasteiger partial charge on any atom is 0.319 e. The van der Waals surface area contributed by atoms with Gasteiger partial charge in [-0.1, -0.05) is 31.4 Å². The van der Waals surface area contributed by atoms with Gasteiger partial charge in [-0.3, -0.25) is 9.78 Å². The number of rotatable bonds is 10. The monoisotopic (exact) mass is 723 g/mol. The SMILES string of the molecule is C#Cc1c(F)ccc2c1N(C1=Cc3nc(OC[C@]4(C)C[C@@H](F)CN4c4cccnc4)nc(NCC4(N(C)C(=O)C=C)CCCC4)c3CC1)C[C@](C)(O)C2. The number of aliphatic hydroxyl groups is 1. The van der Waals surface area contributed by atoms with Crippen molar-refractivity contribution in [2.45, 2.75) is 88.1 Å². The number of halogens is 2. The summed E-state index contributed by atoms with van der Waals surface area (Å²) < 4.78 is 36.5. The second-order valence-corrected chi connectivity index (χ2v) is 15.5. The van der Waals surface area contributed by atoms with Gasteiger partial charge in [0, 0.05) is 43.9 Å². The van der Waals surface area contributed by atoms with E-state index in [0.717, 1.165) is 48.2 Å². The van der Waals surface area contributed by atoms with Gasteiger partial charge in [0.25, 0.3) is 0 Å². The molecule has 278 valence electrons. The lowest BCUT2D eigenvalue weighted by molar-refractivity contribution is -0.129. The second kappa shape index (κ2) is 14.1. The van der Waals surface area contributed by atoms with Crippen LogP contribution in [-0.2, 0) is 17.6 Å². The molecule has 12 heteroatoms. The number of β-amino-alcohol motifs (C(OH)–C–C–N with tert-alkyl or cyclic N) is 1. The fraction of sp³-hybridized carbons (Fsp3) is 0.463. The predicted octanol–water partition coefficient (Wildman–Crippen LogP) is 5.85. The van der Waals surface area contributed by atoms with Crippen LogP contribution in [0, 0.1) is 18.2 Å². The average molecular weight is 724 g/mol. The maximum absolute atomic E-state index is 15.1. The van der Waals surface area contributed by atoms with Gasteiger partial charge < -0.3 is 29.9 Å². The van der Waals surface area contributed by atoms with E-state index in [-0.39, 0.29) is 43.6 Å². The molecule has 3 atom stereocenters. The Hall–Kier alpha value is -5.02. The van der Waals surface area contributed by atoms with Crippen LogP contribution in [0.1, 0.15) is 74.8 Å². The van der Waals surface area contributed by atoms with E-state index >= 15 is 8.78 Å². The third-order valence-electron chi connectivity index (χ3n) is 11.5. The first kappa shape index (κ1) is 36.3. The molecule has 7 rings (SSSR count). The van der Waals surface area contributed by atoms with Crippen molar-refractivity contribution in [2.24, 2.45) is 0 Å². The topological polar surface area (TPSA) is 107 Å². The van der Waals surface area contributed by atoms with Gasteiger partial charge in [0.05, 0.1) is 58.6 Å². The molecule has 2 aromatic heterocycles. The molecular formula is C41H47F2N7O3. The molecule has 0 bridgehead atoms. The molecule has 2 N–H and O–H groups in total. The van der Waals surface area contributed by atoms with Crippen molar-refractivity contribution in [3.05, 3.63) is 83.2 Å². The van der Waals surface area contributed by atoms with Crippen molar-refractivity contribution >= 4 is 29.2 Å². The van der Waals surface area contributed by atoms with Crippen LogP contribution < -0.4 is 19.9 Å². The second-order valence-electron chi connectivity index (χ2n) is 15.5. The summed E-state index contributed by atoms with van der Waals surface area (Å²) in [5, 5.41) is 14.9. The number of likely N-dealkylation sites (N-methyl/N-ethyl adjacent to an activating group) is 1. The molecule has 3 aromatic rings. The minimum Gasteiger partial charge on any atom is -0.461 e. The minimum atomic E-state index is -1.08. The first-order chi connectivity index (χ1) is 25.3. The summed E-state index contributed by atoms with van der Waals surface area (Å²) >= 11 is 0. The van der Waals surface area contributed by atoms with Gasteiger partial charge in [-0.2, -0.15) is 9.97 Å². The van der Waals surface area contributed by atoms with Gasteiger partial charge in [-0.15, -0.1) is 6.42 Å². The molecule has 10 nitrogen and oxygen atoms in total. The molecule has 1 aromatic carbocycles. The Bertz CT molecular complexity index is 1970. The number of alkyl halides is 1. The van der Waals surface area contributed by atoms with E-state index in [0.29, 0.717) is 43.0 Å². The number of ether oxygens (including phenoxy) is 1. The van der Waals surface area contributed by atoms with Crippen molar-refractivity contribution in [3.63, 3.8) is 0 Å². The smallest absolute Gasteiger partial charge is 0.319 e. The summed E-state index contributed by atoms with van der Waals surface area (Å²) in [7, 11) is 1.82. The normalized spacial score (nSPS) is 24.5. The number of nitrogens with zero attached hydrogens (tertiary/aromatic N) is 6. The number of anilines is 3. The third kappa shape index (κ3) is 6.95. The van der Waals surface area contributed by atoms with E-state index in [2.05, 4.69) is 22.8 Å². The molecule has 0 radical (unpaired) electrons. The quantitative estimate of drug-likeness (QED) is 0.197. The highest BCUT2D eigenvalue weighted by Gasteiger charge is 2.44. The zero-order chi connectivity index (χ0) is 37.5. The Morgan fingerprint density at radius 2 is 2.04 bits per heavy atom. The van der Waals surface area contributed by atoms with Crippen LogP contribution in [0.2, 0.25) is 0 Å². The third-order valence-corrected chi connectivity index (χ3v) is 11.5. The number of carbonyl (C=O) groups excluding carboxylic acids is 1. The van der Waals surface area contributed by atoms with Crippen molar-refractivity contribution in [1.29, 1.82) is 0 Å². The molecular weight excluding hydrogens is 676 g/mol. The summed E-state index contributed by atoms with van der Waals surface area (Å²) in [5.74, 6) is 2.51. The molecule has 2 aliphatic heterocycles. The molecule has 53 heavy (non-hydrogen) atoms. The Labute approximate surface area is 310 Å². The number of nitrogens with one attached hydrogen (secondary N) is 1. The van der Waals surface area contributed by atoms with Crippen molar-refractivity contribution in [2.75, 3.05) is 48.4 Å². The summed E-state index contributed by atoms with van der Waals surface area (Å²) in [6.45, 7) is 8.46. The summed E-state index contributed by atoms with van der Waals surface area (Å²) in [4.78, 5) is 32.5. The minimum absolute atomic E-state index is 0.116. The van der Waals surface area contributed by atoms with Crippen LogP contribution in [0.15, 0.2) is 55.0 Å². The molecule has 4 aliphatic rings. The lowest BCUT2D eigenvalue weighted by Gasteiger charge is -2.42. The first-order valence-electron chi connectivity index (χ1n) is 18.3. The van der Waals surface area contributed by atoms with Crippen LogP contribution in [0.25, 0.3) is 6.08 Å². The number of aromatic nitrogens is 3.